The average Bonchev–Trinajstić information content (AvgIpc) is 2.74. The summed E-state index contributed by atoms with van der Waals surface area (Å²) in [5.41, 5.74) is 2.14. The van der Waals surface area contributed by atoms with Crippen molar-refractivity contribution in [3.05, 3.63) is 22.5 Å². The van der Waals surface area contributed by atoms with Crippen LogP contribution in [0.25, 0.3) is 0 Å². The number of nitrogens with one attached hydrogen (secondary N) is 2. The number of amides is 1. The van der Waals surface area contributed by atoms with Crippen molar-refractivity contribution >= 4 is 17.7 Å². The Labute approximate surface area is 136 Å². The molecule has 6 heteroatoms. The Morgan fingerprint density at radius 3 is 2.30 bits per heavy atom. The minimum atomic E-state index is -1.06. The van der Waals surface area contributed by atoms with Crippen LogP contribution in [0.5, 0.6) is 0 Å². The Balaban J connectivity index is 3.14. The Hall–Kier alpha value is -2.11. The number of ketones is 1. The lowest BCUT2D eigenvalue weighted by Gasteiger charge is -2.16. The summed E-state index contributed by atoms with van der Waals surface area (Å²) >= 11 is 0. The molecule has 0 bridgehead atoms. The summed E-state index contributed by atoms with van der Waals surface area (Å²) in [6.07, 6.45) is 1.72. The third kappa shape index (κ3) is 4.68. The predicted molar refractivity (Wildman–Crippen MR) is 87.9 cm³/mol. The molecule has 0 aromatic carbocycles. The molecular formula is C17H26N2O4. The number of carbonyl (C=O) groups is 3. The Morgan fingerprint density at radius 1 is 1.26 bits per heavy atom. The smallest absolute Gasteiger partial charge is 0.326 e. The summed E-state index contributed by atoms with van der Waals surface area (Å²) in [6.45, 7) is 8.98. The van der Waals surface area contributed by atoms with E-state index in [1.807, 2.05) is 20.8 Å². The van der Waals surface area contributed by atoms with Crippen LogP contribution in [0, 0.1) is 12.8 Å². The number of carbonyl (C=O) groups excluding carboxylic acids is 2. The molecule has 1 aromatic heterocycles. The fraction of sp³-hybridized carbons (Fsp3) is 0.588. The Bertz CT molecular complexity index is 602. The van der Waals surface area contributed by atoms with Crippen molar-refractivity contribution in [2.75, 3.05) is 0 Å². The average molecular weight is 322 g/mol. The van der Waals surface area contributed by atoms with Crippen LogP contribution in [0.1, 0.15) is 72.6 Å². The van der Waals surface area contributed by atoms with E-state index in [1.54, 1.807) is 6.92 Å². The lowest BCUT2D eigenvalue weighted by molar-refractivity contribution is -0.139. The number of Topliss-reactive ketones (excluding diaryl/α,β-unsaturated/α-hetero) is 1. The highest BCUT2D eigenvalue weighted by atomic mass is 16.4. The summed E-state index contributed by atoms with van der Waals surface area (Å²) in [5, 5.41) is 11.8. The molecule has 23 heavy (non-hydrogen) atoms. The molecule has 1 amide bonds. The zero-order valence-corrected chi connectivity index (χ0v) is 14.4. The topological polar surface area (TPSA) is 99.3 Å². The minimum absolute atomic E-state index is 0.0989. The summed E-state index contributed by atoms with van der Waals surface area (Å²) in [6, 6.07) is -0.943. The molecule has 1 heterocycles. The first-order chi connectivity index (χ1) is 10.7. The van der Waals surface area contributed by atoms with Gasteiger partial charge in [-0.05, 0) is 38.2 Å². The summed E-state index contributed by atoms with van der Waals surface area (Å²) in [7, 11) is 0. The van der Waals surface area contributed by atoms with Crippen LogP contribution in [-0.4, -0.2) is 33.8 Å². The normalized spacial score (nSPS) is 12.3. The highest BCUT2D eigenvalue weighted by Gasteiger charge is 2.26. The maximum absolute atomic E-state index is 12.5. The molecule has 0 saturated carbocycles. The maximum atomic E-state index is 12.5. The fourth-order valence-corrected chi connectivity index (χ4v) is 2.77. The highest BCUT2D eigenvalue weighted by Crippen LogP contribution is 2.21. The summed E-state index contributed by atoms with van der Waals surface area (Å²) < 4.78 is 0. The van der Waals surface area contributed by atoms with E-state index in [4.69, 9.17) is 0 Å². The molecule has 0 spiro atoms. The molecule has 0 unspecified atom stereocenters. The van der Waals surface area contributed by atoms with Gasteiger partial charge < -0.3 is 15.4 Å². The molecule has 0 fully saturated rings. The molecule has 1 aromatic rings. The SMILES string of the molecule is CCCc1c(C(=O)N[C@H](CC(C)C)C(=O)O)[nH]c(C)c1C(C)=O. The van der Waals surface area contributed by atoms with Crippen molar-refractivity contribution in [2.24, 2.45) is 5.92 Å². The van der Waals surface area contributed by atoms with Crippen LogP contribution in [0.3, 0.4) is 0 Å². The highest BCUT2D eigenvalue weighted by molar-refractivity contribution is 6.03. The van der Waals surface area contributed by atoms with E-state index in [1.165, 1.54) is 6.92 Å². The molecule has 3 N–H and O–H groups in total. The van der Waals surface area contributed by atoms with E-state index in [2.05, 4.69) is 10.3 Å². The molecule has 1 atom stereocenters. The summed E-state index contributed by atoms with van der Waals surface area (Å²) in [4.78, 5) is 38.6. The molecular weight excluding hydrogens is 296 g/mol. The van der Waals surface area contributed by atoms with Crippen LogP contribution in [0.15, 0.2) is 0 Å². The second kappa shape index (κ2) is 7.94. The largest absolute Gasteiger partial charge is 0.480 e. The lowest BCUT2D eigenvalue weighted by Crippen LogP contribution is -2.42. The van der Waals surface area contributed by atoms with Gasteiger partial charge in [-0.3, -0.25) is 9.59 Å². The van der Waals surface area contributed by atoms with Crippen molar-refractivity contribution in [1.29, 1.82) is 0 Å². The number of aryl methyl sites for hydroxylation is 1. The van der Waals surface area contributed by atoms with Crippen molar-refractivity contribution in [3.63, 3.8) is 0 Å². The number of aromatic amines is 1. The van der Waals surface area contributed by atoms with Gasteiger partial charge in [-0.1, -0.05) is 27.2 Å². The van der Waals surface area contributed by atoms with Gasteiger partial charge in [-0.2, -0.15) is 0 Å². The number of aliphatic carboxylic acids is 1. The maximum Gasteiger partial charge on any atom is 0.326 e. The van der Waals surface area contributed by atoms with E-state index in [0.29, 0.717) is 35.4 Å². The number of carboxylic acids is 1. The number of H-pyrrole nitrogens is 1. The number of rotatable bonds is 8. The van der Waals surface area contributed by atoms with Gasteiger partial charge in [0.2, 0.25) is 0 Å². The molecule has 0 aliphatic rings. The Kier molecular flexibility index (Phi) is 6.54. The third-order valence-electron chi connectivity index (χ3n) is 3.68. The molecule has 0 saturated heterocycles. The van der Waals surface area contributed by atoms with Crippen LogP contribution >= 0.6 is 0 Å². The van der Waals surface area contributed by atoms with Crippen molar-refractivity contribution < 1.29 is 19.5 Å². The van der Waals surface area contributed by atoms with Crippen molar-refractivity contribution in [1.82, 2.24) is 10.3 Å². The molecule has 0 aliphatic heterocycles. The van der Waals surface area contributed by atoms with Gasteiger partial charge in [0.25, 0.3) is 5.91 Å². The van der Waals surface area contributed by atoms with Gasteiger partial charge in [-0.15, -0.1) is 0 Å². The van der Waals surface area contributed by atoms with Crippen LogP contribution in [0.4, 0.5) is 0 Å². The first-order valence-corrected chi connectivity index (χ1v) is 7.95. The molecule has 0 radical (unpaired) electrons. The van der Waals surface area contributed by atoms with Crippen molar-refractivity contribution in [2.45, 2.75) is 59.9 Å². The minimum Gasteiger partial charge on any atom is -0.480 e. The number of carboxylic acid groups (broad SMARTS) is 1. The molecule has 0 aliphatic carbocycles. The number of hydrogen-bond donors (Lipinski definition) is 3. The second-order valence-electron chi connectivity index (χ2n) is 6.28. The third-order valence-corrected chi connectivity index (χ3v) is 3.68. The van der Waals surface area contributed by atoms with Gasteiger partial charge in [-0.25, -0.2) is 4.79 Å². The molecule has 6 nitrogen and oxygen atoms in total. The van der Waals surface area contributed by atoms with Gasteiger partial charge >= 0.3 is 5.97 Å². The fourth-order valence-electron chi connectivity index (χ4n) is 2.77. The predicted octanol–water partition coefficient (Wildman–Crippen LogP) is 2.71. The molecule has 1 rings (SSSR count). The zero-order valence-electron chi connectivity index (χ0n) is 14.4. The monoisotopic (exact) mass is 322 g/mol. The van der Waals surface area contributed by atoms with E-state index in [9.17, 15) is 19.5 Å². The van der Waals surface area contributed by atoms with Gasteiger partial charge in [0.15, 0.2) is 5.78 Å². The van der Waals surface area contributed by atoms with Gasteiger partial charge in [0, 0.05) is 11.3 Å². The van der Waals surface area contributed by atoms with E-state index in [-0.39, 0.29) is 11.7 Å². The second-order valence-corrected chi connectivity index (χ2v) is 6.28. The first kappa shape index (κ1) is 18.9. The zero-order chi connectivity index (χ0) is 17.7. The van der Waals surface area contributed by atoms with E-state index >= 15 is 0 Å². The number of hydrogen-bond acceptors (Lipinski definition) is 3. The molecule has 128 valence electrons. The quantitative estimate of drug-likeness (QED) is 0.641. The first-order valence-electron chi connectivity index (χ1n) is 7.95. The lowest BCUT2D eigenvalue weighted by atomic mass is 10.00. The van der Waals surface area contributed by atoms with Gasteiger partial charge in [0.05, 0.1) is 0 Å². The van der Waals surface area contributed by atoms with Crippen LogP contribution in [0.2, 0.25) is 0 Å². The van der Waals surface area contributed by atoms with Gasteiger partial charge in [0.1, 0.15) is 11.7 Å². The summed E-state index contributed by atoms with van der Waals surface area (Å²) in [5.74, 6) is -1.49. The van der Waals surface area contributed by atoms with E-state index in [0.717, 1.165) is 6.42 Å². The Morgan fingerprint density at radius 2 is 1.87 bits per heavy atom. The standard InChI is InChI=1S/C17H26N2O4/c1-6-7-12-14(11(5)20)10(4)18-15(12)16(21)19-13(17(22)23)8-9(2)3/h9,13,18H,6-8H2,1-5H3,(H,19,21)(H,22,23)/t13-/m1/s1. The van der Waals surface area contributed by atoms with E-state index < -0.39 is 17.9 Å². The van der Waals surface area contributed by atoms with Crippen molar-refractivity contribution in [3.8, 4) is 0 Å². The number of aromatic nitrogens is 1. The van der Waals surface area contributed by atoms with Crippen LogP contribution in [-0.2, 0) is 11.2 Å². The van der Waals surface area contributed by atoms with Crippen LogP contribution < -0.4 is 5.32 Å².